The van der Waals surface area contributed by atoms with Crippen LogP contribution >= 0.6 is 0 Å². The molecule has 1 aliphatic heterocycles. The van der Waals surface area contributed by atoms with E-state index >= 15 is 0 Å². The molecule has 0 aromatic heterocycles. The van der Waals surface area contributed by atoms with Crippen LogP contribution in [-0.4, -0.2) is 31.5 Å². The Labute approximate surface area is 80.6 Å². The van der Waals surface area contributed by atoms with Crippen LogP contribution in [-0.2, 0) is 9.47 Å². The second kappa shape index (κ2) is 4.94. The van der Waals surface area contributed by atoms with Crippen LogP contribution in [0.3, 0.4) is 0 Å². The van der Waals surface area contributed by atoms with Gasteiger partial charge in [-0.2, -0.15) is 0 Å². The number of nitrogens with two attached hydrogens (primary N) is 1. The van der Waals surface area contributed by atoms with Crippen molar-refractivity contribution in [2.45, 2.75) is 44.8 Å². The smallest absolute Gasteiger partial charge is 0.0876 e. The predicted molar refractivity (Wildman–Crippen MR) is 52.7 cm³/mol. The molecule has 0 saturated carbocycles. The van der Waals surface area contributed by atoms with Gasteiger partial charge in [0.15, 0.2) is 0 Å². The molecule has 1 atom stereocenters. The lowest BCUT2D eigenvalue weighted by atomic mass is 9.85. The minimum atomic E-state index is -0.109. The van der Waals surface area contributed by atoms with Crippen LogP contribution < -0.4 is 5.73 Å². The van der Waals surface area contributed by atoms with Crippen LogP contribution in [0.2, 0.25) is 0 Å². The molecule has 1 heterocycles. The first kappa shape index (κ1) is 11.0. The number of ether oxygens (including phenoxy) is 2. The van der Waals surface area contributed by atoms with E-state index in [2.05, 4.69) is 6.92 Å². The summed E-state index contributed by atoms with van der Waals surface area (Å²) in [6.45, 7) is 6.45. The molecule has 0 unspecified atom stereocenters. The summed E-state index contributed by atoms with van der Waals surface area (Å²) >= 11 is 0. The van der Waals surface area contributed by atoms with E-state index in [0.717, 1.165) is 39.1 Å². The van der Waals surface area contributed by atoms with E-state index in [9.17, 15) is 0 Å². The highest BCUT2D eigenvalue weighted by atomic mass is 16.5. The first-order valence-electron chi connectivity index (χ1n) is 5.22. The molecular weight excluding hydrogens is 166 g/mol. The van der Waals surface area contributed by atoms with Gasteiger partial charge in [0.25, 0.3) is 0 Å². The molecule has 3 nitrogen and oxygen atoms in total. The standard InChI is InChI=1S/C10H21NO2/c1-3-9(11)10(13-4-2)5-7-12-8-6-10/h9H,3-8,11H2,1-2H3/t9-/m1/s1. The lowest BCUT2D eigenvalue weighted by Gasteiger charge is -2.41. The number of hydrogen-bond donors (Lipinski definition) is 1. The van der Waals surface area contributed by atoms with E-state index in [4.69, 9.17) is 15.2 Å². The van der Waals surface area contributed by atoms with Crippen LogP contribution in [0.25, 0.3) is 0 Å². The lowest BCUT2D eigenvalue weighted by Crippen LogP contribution is -2.53. The third-order valence-electron chi connectivity index (χ3n) is 2.89. The van der Waals surface area contributed by atoms with Gasteiger partial charge < -0.3 is 15.2 Å². The number of rotatable bonds is 4. The third kappa shape index (κ3) is 2.42. The first-order chi connectivity index (χ1) is 6.25. The quantitative estimate of drug-likeness (QED) is 0.721. The minimum absolute atomic E-state index is 0.109. The van der Waals surface area contributed by atoms with Gasteiger partial charge >= 0.3 is 0 Å². The monoisotopic (exact) mass is 187 g/mol. The normalized spacial score (nSPS) is 24.2. The Morgan fingerprint density at radius 2 is 2.00 bits per heavy atom. The molecule has 0 bridgehead atoms. The minimum Gasteiger partial charge on any atom is -0.381 e. The largest absolute Gasteiger partial charge is 0.381 e. The van der Waals surface area contributed by atoms with Gasteiger partial charge in [0.05, 0.1) is 5.60 Å². The van der Waals surface area contributed by atoms with Gasteiger partial charge in [-0.3, -0.25) is 0 Å². The van der Waals surface area contributed by atoms with E-state index in [-0.39, 0.29) is 11.6 Å². The molecule has 1 saturated heterocycles. The van der Waals surface area contributed by atoms with Gasteiger partial charge in [-0.1, -0.05) is 6.92 Å². The Bertz CT molecular complexity index is 138. The molecule has 13 heavy (non-hydrogen) atoms. The maximum absolute atomic E-state index is 6.09. The van der Waals surface area contributed by atoms with Crippen molar-refractivity contribution in [2.75, 3.05) is 19.8 Å². The molecule has 2 N–H and O–H groups in total. The summed E-state index contributed by atoms with van der Waals surface area (Å²) in [7, 11) is 0. The average Bonchev–Trinajstić information content (AvgIpc) is 2.18. The summed E-state index contributed by atoms with van der Waals surface area (Å²) in [6, 6.07) is 0.149. The van der Waals surface area contributed by atoms with Crippen LogP contribution in [0.15, 0.2) is 0 Å². The van der Waals surface area contributed by atoms with Gasteiger partial charge in [0, 0.05) is 38.7 Å². The molecule has 0 spiro atoms. The van der Waals surface area contributed by atoms with Crippen molar-refractivity contribution < 1.29 is 9.47 Å². The highest BCUT2D eigenvalue weighted by Crippen LogP contribution is 2.29. The zero-order valence-corrected chi connectivity index (χ0v) is 8.71. The molecule has 0 aliphatic carbocycles. The van der Waals surface area contributed by atoms with Gasteiger partial charge in [0.1, 0.15) is 0 Å². The zero-order valence-electron chi connectivity index (χ0n) is 8.71. The molecule has 3 heteroatoms. The Morgan fingerprint density at radius 1 is 1.38 bits per heavy atom. The van der Waals surface area contributed by atoms with Gasteiger partial charge in [-0.25, -0.2) is 0 Å². The van der Waals surface area contributed by atoms with Crippen molar-refractivity contribution >= 4 is 0 Å². The second-order valence-electron chi connectivity index (χ2n) is 3.62. The highest BCUT2D eigenvalue weighted by molar-refractivity contribution is 4.92. The summed E-state index contributed by atoms with van der Waals surface area (Å²) in [5.41, 5.74) is 5.98. The second-order valence-corrected chi connectivity index (χ2v) is 3.62. The van der Waals surface area contributed by atoms with Crippen LogP contribution in [0.4, 0.5) is 0 Å². The molecule has 0 amide bonds. The fourth-order valence-electron chi connectivity index (χ4n) is 2.00. The summed E-state index contributed by atoms with van der Waals surface area (Å²) in [5.74, 6) is 0. The zero-order chi connectivity index (χ0) is 9.73. The lowest BCUT2D eigenvalue weighted by molar-refractivity contribution is -0.121. The Balaban J connectivity index is 2.60. The van der Waals surface area contributed by atoms with Crippen molar-refractivity contribution in [3.05, 3.63) is 0 Å². The summed E-state index contributed by atoms with van der Waals surface area (Å²) in [4.78, 5) is 0. The summed E-state index contributed by atoms with van der Waals surface area (Å²) in [5, 5.41) is 0. The molecule has 78 valence electrons. The molecule has 0 aromatic rings. The molecule has 0 radical (unpaired) electrons. The third-order valence-corrected chi connectivity index (χ3v) is 2.89. The molecule has 1 aliphatic rings. The molecular formula is C10H21NO2. The van der Waals surface area contributed by atoms with Gasteiger partial charge in [0.2, 0.25) is 0 Å². The highest BCUT2D eigenvalue weighted by Gasteiger charge is 2.38. The summed E-state index contributed by atoms with van der Waals surface area (Å²) < 4.78 is 11.1. The fourth-order valence-corrected chi connectivity index (χ4v) is 2.00. The van der Waals surface area contributed by atoms with Crippen LogP contribution in [0.1, 0.15) is 33.1 Å². The van der Waals surface area contributed by atoms with Crippen molar-refractivity contribution in [1.29, 1.82) is 0 Å². The predicted octanol–water partition coefficient (Wildman–Crippen LogP) is 1.31. The van der Waals surface area contributed by atoms with E-state index in [1.165, 1.54) is 0 Å². The SMILES string of the molecule is CCOC1([C@H](N)CC)CCOCC1. The van der Waals surface area contributed by atoms with Crippen LogP contribution in [0.5, 0.6) is 0 Å². The van der Waals surface area contributed by atoms with Crippen LogP contribution in [0, 0.1) is 0 Å². The maximum atomic E-state index is 6.09. The van der Waals surface area contributed by atoms with E-state index in [1.54, 1.807) is 0 Å². The van der Waals surface area contributed by atoms with E-state index < -0.39 is 0 Å². The van der Waals surface area contributed by atoms with Gasteiger partial charge in [-0.05, 0) is 13.3 Å². The van der Waals surface area contributed by atoms with Crippen molar-refractivity contribution in [1.82, 2.24) is 0 Å². The Kier molecular flexibility index (Phi) is 4.16. The Morgan fingerprint density at radius 3 is 2.46 bits per heavy atom. The van der Waals surface area contributed by atoms with E-state index in [1.807, 2.05) is 6.92 Å². The molecule has 1 rings (SSSR count). The molecule has 1 fully saturated rings. The summed E-state index contributed by atoms with van der Waals surface area (Å²) in [6.07, 6.45) is 2.85. The Hall–Kier alpha value is -0.120. The fraction of sp³-hybridized carbons (Fsp3) is 1.00. The number of hydrogen-bond acceptors (Lipinski definition) is 3. The van der Waals surface area contributed by atoms with Crippen molar-refractivity contribution in [2.24, 2.45) is 5.73 Å². The van der Waals surface area contributed by atoms with Gasteiger partial charge in [-0.15, -0.1) is 0 Å². The van der Waals surface area contributed by atoms with Crippen molar-refractivity contribution in [3.63, 3.8) is 0 Å². The average molecular weight is 187 g/mol. The molecule has 0 aromatic carbocycles. The maximum Gasteiger partial charge on any atom is 0.0876 e. The van der Waals surface area contributed by atoms with Crippen molar-refractivity contribution in [3.8, 4) is 0 Å². The first-order valence-corrected chi connectivity index (χ1v) is 5.22. The topological polar surface area (TPSA) is 44.5 Å². The van der Waals surface area contributed by atoms with E-state index in [0.29, 0.717) is 0 Å².